The Kier molecular flexibility index (Phi) is 7.01. The maximum Gasteiger partial charge on any atom is 0.272 e. The van der Waals surface area contributed by atoms with Gasteiger partial charge in [0.15, 0.2) is 6.61 Å². The van der Waals surface area contributed by atoms with E-state index in [1.165, 1.54) is 18.3 Å². The summed E-state index contributed by atoms with van der Waals surface area (Å²) in [6, 6.07) is 2.83. The molecule has 1 heterocycles. The van der Waals surface area contributed by atoms with Gasteiger partial charge in [-0.3, -0.25) is 4.79 Å². The number of nitrogens with one attached hydrogen (secondary N) is 1. The Morgan fingerprint density at radius 3 is 2.67 bits per heavy atom. The van der Waals surface area contributed by atoms with Crippen molar-refractivity contribution in [3.63, 3.8) is 0 Å². The fourth-order valence-corrected chi connectivity index (χ4v) is 1.78. The minimum atomic E-state index is -2.56. The second-order valence-electron chi connectivity index (χ2n) is 4.99. The first-order valence-electron chi connectivity index (χ1n) is 6.71. The summed E-state index contributed by atoms with van der Waals surface area (Å²) in [5.74, 6) is -0.106. The van der Waals surface area contributed by atoms with Gasteiger partial charge in [0.25, 0.3) is 12.3 Å². The fourth-order valence-electron chi connectivity index (χ4n) is 1.78. The molecular weight excluding hydrogens is 282 g/mol. The number of alkyl halides is 2. The van der Waals surface area contributed by atoms with E-state index in [0.717, 1.165) is 0 Å². The van der Waals surface area contributed by atoms with E-state index in [1.54, 1.807) is 6.92 Å². The molecule has 0 fully saturated rings. The number of aliphatic hydroxyl groups is 1. The average Bonchev–Trinajstić information content (AvgIpc) is 2.42. The van der Waals surface area contributed by atoms with E-state index < -0.39 is 19.1 Å². The van der Waals surface area contributed by atoms with Crippen molar-refractivity contribution in [3.05, 3.63) is 23.9 Å². The molecule has 2 N–H and O–H groups in total. The van der Waals surface area contributed by atoms with Crippen LogP contribution in [0, 0.1) is 5.92 Å². The summed E-state index contributed by atoms with van der Waals surface area (Å²) in [6.07, 6.45) is -1.11. The first-order valence-corrected chi connectivity index (χ1v) is 6.71. The molecule has 0 aliphatic rings. The summed E-state index contributed by atoms with van der Waals surface area (Å²) < 4.78 is 28.6. The van der Waals surface area contributed by atoms with Crippen molar-refractivity contribution in [1.29, 1.82) is 0 Å². The molecule has 2 unspecified atom stereocenters. The number of hydrogen-bond donors (Lipinski definition) is 2. The number of nitrogens with zero attached hydrogens (tertiary/aromatic N) is 1. The third kappa shape index (κ3) is 6.99. The number of carbonyl (C=O) groups excluding carboxylic acids is 1. The molecule has 7 heteroatoms. The molecule has 0 aliphatic carbocycles. The van der Waals surface area contributed by atoms with E-state index in [9.17, 15) is 18.7 Å². The topological polar surface area (TPSA) is 71.5 Å². The van der Waals surface area contributed by atoms with Crippen molar-refractivity contribution in [2.75, 3.05) is 13.2 Å². The molecule has 1 rings (SSSR count). The lowest BCUT2D eigenvalue weighted by Crippen LogP contribution is -2.29. The van der Waals surface area contributed by atoms with Crippen LogP contribution >= 0.6 is 0 Å². The lowest BCUT2D eigenvalue weighted by molar-refractivity contribution is 0.0794. The average molecular weight is 302 g/mol. The first kappa shape index (κ1) is 17.3. The second-order valence-corrected chi connectivity index (χ2v) is 4.99. The predicted octanol–water partition coefficient (Wildman–Crippen LogP) is 1.86. The zero-order chi connectivity index (χ0) is 15.8. The summed E-state index contributed by atoms with van der Waals surface area (Å²) in [4.78, 5) is 15.6. The molecule has 118 valence electrons. The normalized spacial score (nSPS) is 13.8. The lowest BCUT2D eigenvalue weighted by atomic mass is 10.0. The Balaban J connectivity index is 2.44. The van der Waals surface area contributed by atoms with Gasteiger partial charge in [0.05, 0.1) is 11.7 Å². The molecule has 5 nitrogen and oxygen atoms in total. The number of aliphatic hydroxyl groups excluding tert-OH is 1. The smallest absolute Gasteiger partial charge is 0.272 e. The third-order valence-corrected chi connectivity index (χ3v) is 2.71. The fraction of sp³-hybridized carbons (Fsp3) is 0.571. The van der Waals surface area contributed by atoms with Crippen LogP contribution in [0.2, 0.25) is 0 Å². The minimum Gasteiger partial charge on any atom is -0.472 e. The van der Waals surface area contributed by atoms with Crippen molar-refractivity contribution >= 4 is 5.91 Å². The van der Waals surface area contributed by atoms with Crippen LogP contribution in [0.5, 0.6) is 5.88 Å². The van der Waals surface area contributed by atoms with Gasteiger partial charge in [0, 0.05) is 18.8 Å². The van der Waals surface area contributed by atoms with Crippen molar-refractivity contribution in [1.82, 2.24) is 10.3 Å². The molecule has 0 saturated heterocycles. The highest BCUT2D eigenvalue weighted by Crippen LogP contribution is 2.09. The number of carbonyl (C=O) groups is 1. The van der Waals surface area contributed by atoms with Gasteiger partial charge in [-0.1, -0.05) is 6.92 Å². The number of ether oxygens (including phenoxy) is 1. The van der Waals surface area contributed by atoms with Gasteiger partial charge < -0.3 is 15.2 Å². The first-order chi connectivity index (χ1) is 9.88. The van der Waals surface area contributed by atoms with Crippen LogP contribution < -0.4 is 10.1 Å². The van der Waals surface area contributed by atoms with E-state index >= 15 is 0 Å². The monoisotopic (exact) mass is 302 g/mol. The lowest BCUT2D eigenvalue weighted by Gasteiger charge is -2.14. The molecule has 1 amide bonds. The van der Waals surface area contributed by atoms with Crippen LogP contribution in [-0.2, 0) is 0 Å². The molecule has 0 spiro atoms. The maximum atomic E-state index is 12.0. The molecular formula is C14H20F2N2O3. The van der Waals surface area contributed by atoms with Crippen LogP contribution in [0.15, 0.2) is 18.3 Å². The Morgan fingerprint density at radius 2 is 2.14 bits per heavy atom. The van der Waals surface area contributed by atoms with Crippen LogP contribution in [0.4, 0.5) is 8.78 Å². The van der Waals surface area contributed by atoms with Gasteiger partial charge >= 0.3 is 0 Å². The number of rotatable bonds is 8. The van der Waals surface area contributed by atoms with E-state index in [4.69, 9.17) is 4.74 Å². The summed E-state index contributed by atoms with van der Waals surface area (Å²) in [6.45, 7) is 3.33. The van der Waals surface area contributed by atoms with E-state index in [0.29, 0.717) is 18.5 Å². The number of aromatic nitrogens is 1. The van der Waals surface area contributed by atoms with Crippen LogP contribution in [-0.4, -0.2) is 41.7 Å². The molecule has 1 aromatic rings. The highest BCUT2D eigenvalue weighted by molar-refractivity contribution is 5.93. The quantitative estimate of drug-likeness (QED) is 0.769. The highest BCUT2D eigenvalue weighted by atomic mass is 19.3. The Labute approximate surface area is 122 Å². The van der Waals surface area contributed by atoms with Crippen molar-refractivity contribution in [3.8, 4) is 5.88 Å². The third-order valence-electron chi connectivity index (χ3n) is 2.71. The minimum absolute atomic E-state index is 0.0503. The number of pyridine rings is 1. The summed E-state index contributed by atoms with van der Waals surface area (Å²) >= 11 is 0. The van der Waals surface area contributed by atoms with Gasteiger partial charge in [-0.15, -0.1) is 0 Å². The molecule has 0 aliphatic heterocycles. The van der Waals surface area contributed by atoms with Gasteiger partial charge in [-0.25, -0.2) is 13.8 Å². The number of halogens is 2. The molecule has 21 heavy (non-hydrogen) atoms. The molecule has 0 bridgehead atoms. The second kappa shape index (κ2) is 8.51. The Hall–Kier alpha value is -1.76. The van der Waals surface area contributed by atoms with E-state index in [2.05, 4.69) is 10.3 Å². The van der Waals surface area contributed by atoms with Crippen LogP contribution in [0.1, 0.15) is 30.6 Å². The number of hydrogen-bond acceptors (Lipinski definition) is 4. The summed E-state index contributed by atoms with van der Waals surface area (Å²) in [5, 5.41) is 12.0. The van der Waals surface area contributed by atoms with Gasteiger partial charge in [0.2, 0.25) is 5.88 Å². The predicted molar refractivity (Wildman–Crippen MR) is 73.5 cm³/mol. The number of amides is 1. The van der Waals surface area contributed by atoms with Gasteiger partial charge in [-0.05, 0) is 25.3 Å². The molecule has 1 aromatic heterocycles. The van der Waals surface area contributed by atoms with Gasteiger partial charge in [0.1, 0.15) is 0 Å². The summed E-state index contributed by atoms with van der Waals surface area (Å²) in [5.41, 5.74) is 0.323. The van der Waals surface area contributed by atoms with Crippen molar-refractivity contribution in [2.45, 2.75) is 32.8 Å². The maximum absolute atomic E-state index is 12.0. The SMILES string of the molecule is CC(O)CC(C)CNC(=O)c1ccc(OCC(F)F)nc1. The molecule has 0 aromatic carbocycles. The van der Waals surface area contributed by atoms with E-state index in [1.807, 2.05) is 6.92 Å². The van der Waals surface area contributed by atoms with Crippen LogP contribution in [0.3, 0.4) is 0 Å². The molecule has 0 radical (unpaired) electrons. The van der Waals surface area contributed by atoms with Crippen molar-refractivity contribution in [2.24, 2.45) is 5.92 Å². The standard InChI is InChI=1S/C14H20F2N2O3/c1-9(5-10(2)19)6-18-14(20)11-3-4-13(17-7-11)21-8-12(15)16/h3-4,7,9-10,12,19H,5-6,8H2,1-2H3,(H,18,20). The highest BCUT2D eigenvalue weighted by Gasteiger charge is 2.11. The largest absolute Gasteiger partial charge is 0.472 e. The Bertz CT molecular complexity index is 438. The van der Waals surface area contributed by atoms with Crippen LogP contribution in [0.25, 0.3) is 0 Å². The van der Waals surface area contributed by atoms with Crippen molar-refractivity contribution < 1.29 is 23.4 Å². The molecule has 0 saturated carbocycles. The molecule has 2 atom stereocenters. The summed E-state index contributed by atoms with van der Waals surface area (Å²) in [7, 11) is 0. The van der Waals surface area contributed by atoms with E-state index in [-0.39, 0.29) is 17.7 Å². The Morgan fingerprint density at radius 1 is 1.43 bits per heavy atom. The zero-order valence-corrected chi connectivity index (χ0v) is 12.1. The van der Waals surface area contributed by atoms with Gasteiger partial charge in [-0.2, -0.15) is 0 Å². The zero-order valence-electron chi connectivity index (χ0n) is 12.1.